The van der Waals surface area contributed by atoms with Gasteiger partial charge in [0.15, 0.2) is 0 Å². The van der Waals surface area contributed by atoms with E-state index < -0.39 is 0 Å². The molecule has 0 aliphatic rings. The number of ether oxygens (including phenoxy) is 2. The molecule has 0 spiro atoms. The molecule has 0 aromatic heterocycles. The third-order valence-electron chi connectivity index (χ3n) is 2.45. The molecule has 4 heteroatoms. The van der Waals surface area contributed by atoms with E-state index in [1.807, 2.05) is 24.3 Å². The minimum absolute atomic E-state index is 0.647. The number of hydrogen-bond donors (Lipinski definition) is 1. The van der Waals surface area contributed by atoms with Gasteiger partial charge in [0, 0.05) is 13.2 Å². The van der Waals surface area contributed by atoms with Gasteiger partial charge in [0.25, 0.3) is 0 Å². The zero-order chi connectivity index (χ0) is 13.1. The second-order valence-corrected chi connectivity index (χ2v) is 4.39. The Hall–Kier alpha value is -0.770. The molecule has 0 amide bonds. The number of anilines is 1. The van der Waals surface area contributed by atoms with Crippen LogP contribution in [0.2, 0.25) is 5.02 Å². The molecule has 0 unspecified atom stereocenters. The lowest BCUT2D eigenvalue weighted by Gasteiger charge is -2.09. The van der Waals surface area contributed by atoms with Crippen LogP contribution < -0.4 is 5.32 Å². The van der Waals surface area contributed by atoms with E-state index in [0.717, 1.165) is 30.3 Å². The van der Waals surface area contributed by atoms with Crippen LogP contribution in [0.4, 0.5) is 5.69 Å². The second-order valence-electron chi connectivity index (χ2n) is 3.98. The van der Waals surface area contributed by atoms with Gasteiger partial charge in [-0.05, 0) is 18.6 Å². The zero-order valence-electron chi connectivity index (χ0n) is 11.0. The van der Waals surface area contributed by atoms with Crippen LogP contribution in [0.25, 0.3) is 0 Å². The molecule has 3 nitrogen and oxygen atoms in total. The lowest BCUT2D eigenvalue weighted by molar-refractivity contribution is 0.0505. The first-order valence-electron chi connectivity index (χ1n) is 6.48. The summed E-state index contributed by atoms with van der Waals surface area (Å²) in [4.78, 5) is 0. The fraction of sp³-hybridized carbons (Fsp3) is 0.571. The smallest absolute Gasteiger partial charge is 0.0701 e. The Morgan fingerprint density at radius 2 is 1.78 bits per heavy atom. The Morgan fingerprint density at radius 3 is 2.50 bits per heavy atom. The van der Waals surface area contributed by atoms with E-state index in [2.05, 4.69) is 12.2 Å². The third kappa shape index (κ3) is 6.84. The first-order chi connectivity index (χ1) is 8.84. The van der Waals surface area contributed by atoms with Crippen molar-refractivity contribution >= 4 is 17.3 Å². The lowest BCUT2D eigenvalue weighted by atomic mass is 10.3. The summed E-state index contributed by atoms with van der Waals surface area (Å²) in [5.41, 5.74) is 0.946. The molecular weight excluding hydrogens is 250 g/mol. The monoisotopic (exact) mass is 271 g/mol. The Balaban J connectivity index is 1.94. The van der Waals surface area contributed by atoms with Crippen molar-refractivity contribution in [1.29, 1.82) is 0 Å². The van der Waals surface area contributed by atoms with Gasteiger partial charge in [-0.1, -0.05) is 37.1 Å². The molecule has 1 N–H and O–H groups in total. The molecule has 0 aliphatic carbocycles. The molecule has 0 fully saturated rings. The predicted octanol–water partition coefficient (Wildman–Crippen LogP) is 3.59. The molecule has 0 bridgehead atoms. The van der Waals surface area contributed by atoms with E-state index in [0.29, 0.717) is 19.8 Å². The van der Waals surface area contributed by atoms with Gasteiger partial charge in [0.2, 0.25) is 0 Å². The molecule has 0 radical (unpaired) electrons. The first-order valence-corrected chi connectivity index (χ1v) is 6.86. The van der Waals surface area contributed by atoms with E-state index in [1.54, 1.807) is 0 Å². The molecule has 0 heterocycles. The van der Waals surface area contributed by atoms with E-state index >= 15 is 0 Å². The van der Waals surface area contributed by atoms with Crippen molar-refractivity contribution in [3.8, 4) is 0 Å². The highest BCUT2D eigenvalue weighted by atomic mass is 35.5. The van der Waals surface area contributed by atoms with Crippen LogP contribution in [-0.4, -0.2) is 33.0 Å². The molecule has 0 saturated heterocycles. The van der Waals surface area contributed by atoms with Crippen molar-refractivity contribution < 1.29 is 9.47 Å². The van der Waals surface area contributed by atoms with Crippen LogP contribution in [0.15, 0.2) is 24.3 Å². The molecule has 0 atom stereocenters. The Labute approximate surface area is 114 Å². The Bertz CT molecular complexity index is 320. The van der Waals surface area contributed by atoms with Gasteiger partial charge >= 0.3 is 0 Å². The largest absolute Gasteiger partial charge is 0.382 e. The van der Waals surface area contributed by atoms with Crippen molar-refractivity contribution in [2.24, 2.45) is 0 Å². The highest BCUT2D eigenvalue weighted by molar-refractivity contribution is 6.33. The summed E-state index contributed by atoms with van der Waals surface area (Å²) in [6.07, 6.45) is 2.29. The van der Waals surface area contributed by atoms with Crippen LogP contribution in [0.3, 0.4) is 0 Å². The first kappa shape index (κ1) is 15.3. The standard InChI is InChI=1S/C14H22ClNO2/c1-2-3-9-17-11-12-18-10-8-16-14-7-5-4-6-13(14)15/h4-7,16H,2-3,8-12H2,1H3. The summed E-state index contributed by atoms with van der Waals surface area (Å²) >= 11 is 6.01. The fourth-order valence-corrected chi connectivity index (χ4v) is 1.63. The number of nitrogens with one attached hydrogen (secondary N) is 1. The van der Waals surface area contributed by atoms with Crippen molar-refractivity contribution in [3.05, 3.63) is 29.3 Å². The highest BCUT2D eigenvalue weighted by Gasteiger charge is 1.96. The van der Waals surface area contributed by atoms with E-state index in [-0.39, 0.29) is 0 Å². The van der Waals surface area contributed by atoms with Gasteiger partial charge in [-0.3, -0.25) is 0 Å². The van der Waals surface area contributed by atoms with Crippen LogP contribution in [0.5, 0.6) is 0 Å². The second kappa shape index (κ2) is 10.2. The number of para-hydroxylation sites is 1. The SMILES string of the molecule is CCCCOCCOCCNc1ccccc1Cl. The maximum Gasteiger partial charge on any atom is 0.0701 e. The highest BCUT2D eigenvalue weighted by Crippen LogP contribution is 2.19. The number of halogens is 1. The average Bonchev–Trinajstić information content (AvgIpc) is 2.39. The molecule has 18 heavy (non-hydrogen) atoms. The fourth-order valence-electron chi connectivity index (χ4n) is 1.43. The normalized spacial score (nSPS) is 10.6. The quantitative estimate of drug-likeness (QED) is 0.660. The van der Waals surface area contributed by atoms with Crippen molar-refractivity contribution in [3.63, 3.8) is 0 Å². The molecule has 0 aliphatic heterocycles. The van der Waals surface area contributed by atoms with Crippen molar-refractivity contribution in [2.45, 2.75) is 19.8 Å². The maximum absolute atomic E-state index is 6.01. The number of benzene rings is 1. The zero-order valence-corrected chi connectivity index (χ0v) is 11.7. The number of hydrogen-bond acceptors (Lipinski definition) is 3. The van der Waals surface area contributed by atoms with Gasteiger partial charge in [-0.2, -0.15) is 0 Å². The minimum atomic E-state index is 0.647. The van der Waals surface area contributed by atoms with Crippen molar-refractivity contribution in [1.82, 2.24) is 0 Å². The van der Waals surface area contributed by atoms with Gasteiger partial charge < -0.3 is 14.8 Å². The van der Waals surface area contributed by atoms with Gasteiger partial charge in [0.05, 0.1) is 30.5 Å². The van der Waals surface area contributed by atoms with Crippen LogP contribution in [0, 0.1) is 0 Å². The number of rotatable bonds is 10. The van der Waals surface area contributed by atoms with Crippen molar-refractivity contribution in [2.75, 3.05) is 38.3 Å². The summed E-state index contributed by atoms with van der Waals surface area (Å²) in [6, 6.07) is 7.69. The van der Waals surface area contributed by atoms with Gasteiger partial charge in [0.1, 0.15) is 0 Å². The van der Waals surface area contributed by atoms with Crippen LogP contribution in [0.1, 0.15) is 19.8 Å². The van der Waals surface area contributed by atoms with Gasteiger partial charge in [-0.25, -0.2) is 0 Å². The van der Waals surface area contributed by atoms with E-state index in [4.69, 9.17) is 21.1 Å². The van der Waals surface area contributed by atoms with E-state index in [9.17, 15) is 0 Å². The average molecular weight is 272 g/mol. The predicted molar refractivity (Wildman–Crippen MR) is 76.5 cm³/mol. The van der Waals surface area contributed by atoms with Crippen LogP contribution >= 0.6 is 11.6 Å². The Morgan fingerprint density at radius 1 is 1.06 bits per heavy atom. The number of unbranched alkanes of at least 4 members (excludes halogenated alkanes) is 1. The van der Waals surface area contributed by atoms with E-state index in [1.165, 1.54) is 6.42 Å². The third-order valence-corrected chi connectivity index (χ3v) is 2.78. The molecular formula is C14H22ClNO2. The lowest BCUT2D eigenvalue weighted by Crippen LogP contribution is -2.12. The maximum atomic E-state index is 6.01. The molecule has 1 aromatic carbocycles. The van der Waals surface area contributed by atoms with Crippen LogP contribution in [-0.2, 0) is 9.47 Å². The molecule has 1 aromatic rings. The Kier molecular flexibility index (Phi) is 8.65. The molecule has 1 rings (SSSR count). The summed E-state index contributed by atoms with van der Waals surface area (Å²) in [5, 5.41) is 3.96. The summed E-state index contributed by atoms with van der Waals surface area (Å²) in [7, 11) is 0. The summed E-state index contributed by atoms with van der Waals surface area (Å²) in [5.74, 6) is 0. The summed E-state index contributed by atoms with van der Waals surface area (Å²) < 4.78 is 10.8. The summed E-state index contributed by atoms with van der Waals surface area (Å²) in [6.45, 7) is 5.71. The molecule has 102 valence electrons. The van der Waals surface area contributed by atoms with Gasteiger partial charge in [-0.15, -0.1) is 0 Å². The minimum Gasteiger partial charge on any atom is -0.382 e. The molecule has 0 saturated carbocycles. The topological polar surface area (TPSA) is 30.5 Å².